The van der Waals surface area contributed by atoms with Crippen molar-refractivity contribution in [1.29, 1.82) is 0 Å². The summed E-state index contributed by atoms with van der Waals surface area (Å²) < 4.78 is 5.14. The maximum Gasteiger partial charge on any atom is 0.306 e. The molecule has 1 amide bonds. The van der Waals surface area contributed by atoms with E-state index in [1.807, 2.05) is 19.1 Å². The monoisotopic (exact) mass is 297 g/mol. The van der Waals surface area contributed by atoms with Crippen LogP contribution in [0.4, 0.5) is 5.69 Å². The summed E-state index contributed by atoms with van der Waals surface area (Å²) in [7, 11) is 0. The number of esters is 1. The van der Waals surface area contributed by atoms with Crippen LogP contribution in [0.2, 0.25) is 5.02 Å². The van der Waals surface area contributed by atoms with Crippen molar-refractivity contribution in [2.24, 2.45) is 0 Å². The minimum Gasteiger partial charge on any atom is -0.460 e. The average Bonchev–Trinajstić information content (AvgIpc) is 2.29. The molecule has 1 rings (SSSR count). The van der Waals surface area contributed by atoms with Gasteiger partial charge in [0.2, 0.25) is 5.91 Å². The number of benzene rings is 1. The second kappa shape index (κ2) is 6.75. The lowest BCUT2D eigenvalue weighted by atomic mass is 10.2. The van der Waals surface area contributed by atoms with Gasteiger partial charge in [-0.25, -0.2) is 0 Å². The second-order valence-electron chi connectivity index (χ2n) is 5.57. The number of para-hydroxylation sites is 1. The molecule has 0 saturated carbocycles. The molecule has 0 unspecified atom stereocenters. The number of halogens is 1. The smallest absolute Gasteiger partial charge is 0.306 e. The first-order valence-corrected chi connectivity index (χ1v) is 6.83. The zero-order valence-electron chi connectivity index (χ0n) is 12.2. The van der Waals surface area contributed by atoms with Gasteiger partial charge in [-0.1, -0.05) is 23.7 Å². The first-order valence-electron chi connectivity index (χ1n) is 6.46. The third kappa shape index (κ3) is 5.61. The average molecular weight is 298 g/mol. The van der Waals surface area contributed by atoms with Crippen LogP contribution in [0.25, 0.3) is 0 Å². The fraction of sp³-hybridized carbons (Fsp3) is 0.467. The van der Waals surface area contributed by atoms with Crippen LogP contribution < -0.4 is 5.32 Å². The molecule has 0 spiro atoms. The van der Waals surface area contributed by atoms with Crippen molar-refractivity contribution in [3.8, 4) is 0 Å². The molecule has 0 aliphatic carbocycles. The summed E-state index contributed by atoms with van der Waals surface area (Å²) in [5.41, 5.74) is 0.929. The molecule has 0 heterocycles. The van der Waals surface area contributed by atoms with Crippen molar-refractivity contribution >= 4 is 29.2 Å². The SMILES string of the molecule is Cc1cccc(Cl)c1NC(=O)CCC(=O)OC(C)(C)C. The summed E-state index contributed by atoms with van der Waals surface area (Å²) in [5, 5.41) is 3.20. The molecule has 0 radical (unpaired) electrons. The van der Waals surface area contributed by atoms with Gasteiger partial charge in [0, 0.05) is 6.42 Å². The Bertz CT molecular complexity index is 486. The number of aryl methyl sites for hydroxylation is 1. The van der Waals surface area contributed by atoms with E-state index in [0.29, 0.717) is 10.7 Å². The van der Waals surface area contributed by atoms with E-state index in [0.717, 1.165) is 5.56 Å². The number of hydrogen-bond donors (Lipinski definition) is 1. The highest BCUT2D eigenvalue weighted by atomic mass is 35.5. The van der Waals surface area contributed by atoms with E-state index in [1.165, 1.54) is 0 Å². The van der Waals surface area contributed by atoms with Gasteiger partial charge in [0.1, 0.15) is 5.60 Å². The predicted molar refractivity (Wildman–Crippen MR) is 79.9 cm³/mol. The Labute approximate surface area is 124 Å². The van der Waals surface area contributed by atoms with Crippen molar-refractivity contribution in [3.63, 3.8) is 0 Å². The third-order valence-electron chi connectivity index (χ3n) is 2.46. The van der Waals surface area contributed by atoms with Gasteiger partial charge in [-0.2, -0.15) is 0 Å². The van der Waals surface area contributed by atoms with Crippen LogP contribution in [-0.2, 0) is 14.3 Å². The van der Waals surface area contributed by atoms with Gasteiger partial charge >= 0.3 is 5.97 Å². The molecule has 110 valence electrons. The first-order chi connectivity index (χ1) is 9.19. The minimum absolute atomic E-state index is 0.0482. The third-order valence-corrected chi connectivity index (χ3v) is 2.78. The predicted octanol–water partition coefficient (Wildman–Crippen LogP) is 3.71. The fourth-order valence-corrected chi connectivity index (χ4v) is 1.87. The highest BCUT2D eigenvalue weighted by Gasteiger charge is 2.17. The number of carbonyl (C=O) groups is 2. The second-order valence-corrected chi connectivity index (χ2v) is 5.97. The Hall–Kier alpha value is -1.55. The van der Waals surface area contributed by atoms with Crippen LogP contribution in [0.1, 0.15) is 39.2 Å². The molecule has 0 bridgehead atoms. The minimum atomic E-state index is -0.535. The van der Waals surface area contributed by atoms with E-state index in [4.69, 9.17) is 16.3 Å². The zero-order valence-corrected chi connectivity index (χ0v) is 13.0. The van der Waals surface area contributed by atoms with Gasteiger partial charge in [0.25, 0.3) is 0 Å². The van der Waals surface area contributed by atoms with Crippen LogP contribution in [0, 0.1) is 6.92 Å². The van der Waals surface area contributed by atoms with Gasteiger partial charge in [-0.3, -0.25) is 9.59 Å². The van der Waals surface area contributed by atoms with E-state index >= 15 is 0 Å². The normalized spacial score (nSPS) is 11.1. The van der Waals surface area contributed by atoms with Gasteiger partial charge in [-0.15, -0.1) is 0 Å². The molecule has 0 aromatic heterocycles. The van der Waals surface area contributed by atoms with Crippen LogP contribution >= 0.6 is 11.6 Å². The van der Waals surface area contributed by atoms with Gasteiger partial charge < -0.3 is 10.1 Å². The zero-order chi connectivity index (χ0) is 15.3. The number of anilines is 1. The van der Waals surface area contributed by atoms with Gasteiger partial charge in [-0.05, 0) is 39.3 Å². The Kier molecular flexibility index (Phi) is 5.57. The summed E-state index contributed by atoms with van der Waals surface area (Å²) in [6.45, 7) is 7.23. The molecule has 0 atom stereocenters. The summed E-state index contributed by atoms with van der Waals surface area (Å²) in [4.78, 5) is 23.3. The molecule has 0 saturated heterocycles. The molecule has 1 N–H and O–H groups in total. The van der Waals surface area contributed by atoms with Crippen molar-refractivity contribution in [2.45, 2.75) is 46.1 Å². The number of nitrogens with one attached hydrogen (secondary N) is 1. The van der Waals surface area contributed by atoms with E-state index in [-0.39, 0.29) is 24.7 Å². The summed E-state index contributed by atoms with van der Waals surface area (Å²) in [5.74, 6) is -0.643. The van der Waals surface area contributed by atoms with Crippen molar-refractivity contribution < 1.29 is 14.3 Å². The van der Waals surface area contributed by atoms with E-state index in [9.17, 15) is 9.59 Å². The Morgan fingerprint density at radius 3 is 2.45 bits per heavy atom. The van der Waals surface area contributed by atoms with E-state index in [2.05, 4.69) is 5.32 Å². The molecule has 20 heavy (non-hydrogen) atoms. The molecular weight excluding hydrogens is 278 g/mol. The molecule has 1 aromatic carbocycles. The summed E-state index contributed by atoms with van der Waals surface area (Å²) in [6.07, 6.45) is 0.117. The maximum absolute atomic E-state index is 11.8. The topological polar surface area (TPSA) is 55.4 Å². The quantitative estimate of drug-likeness (QED) is 0.862. The number of carbonyl (C=O) groups excluding carboxylic acids is 2. The molecular formula is C15H20ClNO3. The van der Waals surface area contributed by atoms with E-state index in [1.54, 1.807) is 26.8 Å². The summed E-state index contributed by atoms with van der Waals surface area (Å²) >= 11 is 6.02. The molecule has 0 aliphatic heterocycles. The molecule has 4 nitrogen and oxygen atoms in total. The first kappa shape index (κ1) is 16.5. The highest BCUT2D eigenvalue weighted by Crippen LogP contribution is 2.25. The number of amides is 1. The fourth-order valence-electron chi connectivity index (χ4n) is 1.60. The Balaban J connectivity index is 2.51. The lowest BCUT2D eigenvalue weighted by molar-refractivity contribution is -0.155. The van der Waals surface area contributed by atoms with Gasteiger partial charge in [0.05, 0.1) is 17.1 Å². The molecule has 1 aromatic rings. The van der Waals surface area contributed by atoms with Crippen LogP contribution in [0.3, 0.4) is 0 Å². The lowest BCUT2D eigenvalue weighted by Crippen LogP contribution is -2.24. The maximum atomic E-state index is 11.8. The molecule has 0 fully saturated rings. The van der Waals surface area contributed by atoms with Crippen LogP contribution in [-0.4, -0.2) is 17.5 Å². The molecule has 5 heteroatoms. The van der Waals surface area contributed by atoms with Crippen molar-refractivity contribution in [3.05, 3.63) is 28.8 Å². The Morgan fingerprint density at radius 2 is 1.90 bits per heavy atom. The molecule has 0 aliphatic rings. The number of ether oxygens (including phenoxy) is 1. The van der Waals surface area contributed by atoms with Gasteiger partial charge in [0.15, 0.2) is 0 Å². The summed E-state index contributed by atoms with van der Waals surface area (Å²) in [6, 6.07) is 5.38. The Morgan fingerprint density at radius 1 is 1.25 bits per heavy atom. The van der Waals surface area contributed by atoms with E-state index < -0.39 is 5.60 Å². The highest BCUT2D eigenvalue weighted by molar-refractivity contribution is 6.33. The van der Waals surface area contributed by atoms with Crippen LogP contribution in [0.15, 0.2) is 18.2 Å². The van der Waals surface area contributed by atoms with Crippen molar-refractivity contribution in [2.75, 3.05) is 5.32 Å². The number of rotatable bonds is 4. The van der Waals surface area contributed by atoms with Crippen molar-refractivity contribution in [1.82, 2.24) is 0 Å². The lowest BCUT2D eigenvalue weighted by Gasteiger charge is -2.19. The number of hydrogen-bond acceptors (Lipinski definition) is 3. The standard InChI is InChI=1S/C15H20ClNO3/c1-10-6-5-7-11(16)14(10)17-12(18)8-9-13(19)20-15(2,3)4/h5-7H,8-9H2,1-4H3,(H,17,18). The van der Waals surface area contributed by atoms with Crippen LogP contribution in [0.5, 0.6) is 0 Å². The largest absolute Gasteiger partial charge is 0.460 e.